The lowest BCUT2D eigenvalue weighted by Gasteiger charge is -2.33. The van der Waals surface area contributed by atoms with Crippen molar-refractivity contribution in [3.05, 3.63) is 34.6 Å². The first-order valence-corrected chi connectivity index (χ1v) is 5.50. The molecular formula is C12H15ClFN. The molecule has 0 unspecified atom stereocenters. The lowest BCUT2D eigenvalue weighted by atomic mass is 9.75. The van der Waals surface area contributed by atoms with Crippen LogP contribution in [0.25, 0.3) is 0 Å². The van der Waals surface area contributed by atoms with Crippen LogP contribution in [0.1, 0.15) is 32.3 Å². The van der Waals surface area contributed by atoms with Crippen molar-refractivity contribution in [3.63, 3.8) is 0 Å². The Labute approximate surface area is 94.4 Å². The molecule has 1 aromatic carbocycles. The van der Waals surface area contributed by atoms with Gasteiger partial charge in [0.05, 0.1) is 0 Å². The summed E-state index contributed by atoms with van der Waals surface area (Å²) in [6, 6.07) is 4.77. The molecule has 0 radical (unpaired) electrons. The van der Waals surface area contributed by atoms with Crippen LogP contribution in [0, 0.1) is 5.82 Å². The molecule has 0 aliphatic heterocycles. The van der Waals surface area contributed by atoms with Crippen LogP contribution >= 0.6 is 11.6 Å². The largest absolute Gasteiger partial charge is 0.324 e. The second-order valence-corrected chi connectivity index (χ2v) is 5.28. The molecule has 1 fully saturated rings. The minimum atomic E-state index is -0.407. The number of nitrogens with two attached hydrogens (primary N) is 1. The monoisotopic (exact) mass is 227 g/mol. The number of rotatable bonds is 2. The molecular weight excluding hydrogens is 213 g/mol. The molecule has 15 heavy (non-hydrogen) atoms. The summed E-state index contributed by atoms with van der Waals surface area (Å²) in [5.74, 6) is -0.260. The molecule has 0 aromatic heterocycles. The number of hydrogen-bond donors (Lipinski definition) is 1. The van der Waals surface area contributed by atoms with Crippen molar-refractivity contribution in [2.45, 2.75) is 37.6 Å². The van der Waals surface area contributed by atoms with Crippen LogP contribution in [0.4, 0.5) is 4.39 Å². The third-order valence-corrected chi connectivity index (χ3v) is 3.94. The van der Waals surface area contributed by atoms with E-state index in [0.29, 0.717) is 10.6 Å². The molecule has 1 nitrogen and oxygen atoms in total. The molecule has 0 atom stereocenters. The van der Waals surface area contributed by atoms with Gasteiger partial charge in [-0.3, -0.25) is 0 Å². The Morgan fingerprint density at radius 1 is 1.40 bits per heavy atom. The first-order valence-electron chi connectivity index (χ1n) is 5.12. The fourth-order valence-corrected chi connectivity index (χ4v) is 2.50. The lowest BCUT2D eigenvalue weighted by molar-refractivity contribution is 0.375. The maximum atomic E-state index is 13.8. The molecule has 1 aliphatic carbocycles. The predicted octanol–water partition coefficient (Wildman–Crippen LogP) is 3.25. The topological polar surface area (TPSA) is 26.0 Å². The van der Waals surface area contributed by atoms with Crippen molar-refractivity contribution in [1.82, 2.24) is 0 Å². The zero-order valence-corrected chi connectivity index (χ0v) is 9.74. The second kappa shape index (κ2) is 3.19. The van der Waals surface area contributed by atoms with E-state index >= 15 is 0 Å². The van der Waals surface area contributed by atoms with Gasteiger partial charge in [0.25, 0.3) is 0 Å². The van der Waals surface area contributed by atoms with Crippen LogP contribution in [0.5, 0.6) is 0 Å². The van der Waals surface area contributed by atoms with Gasteiger partial charge in [-0.05, 0) is 25.0 Å². The van der Waals surface area contributed by atoms with E-state index < -0.39 is 5.41 Å². The average Bonchev–Trinajstić information content (AvgIpc) is 2.84. The average molecular weight is 228 g/mol. The fraction of sp³-hybridized carbons (Fsp3) is 0.500. The minimum absolute atomic E-state index is 0.260. The van der Waals surface area contributed by atoms with Gasteiger partial charge >= 0.3 is 0 Å². The van der Waals surface area contributed by atoms with Gasteiger partial charge in [0.1, 0.15) is 5.82 Å². The molecule has 1 aromatic rings. The molecule has 1 saturated carbocycles. The molecule has 2 rings (SSSR count). The van der Waals surface area contributed by atoms with Crippen molar-refractivity contribution in [2.75, 3.05) is 0 Å². The normalized spacial score (nSPS) is 19.0. The lowest BCUT2D eigenvalue weighted by Crippen LogP contribution is -2.44. The maximum absolute atomic E-state index is 13.8. The van der Waals surface area contributed by atoms with Gasteiger partial charge in [0.2, 0.25) is 0 Å². The summed E-state index contributed by atoms with van der Waals surface area (Å²) in [5, 5.41) is 0.469. The van der Waals surface area contributed by atoms with Crippen molar-refractivity contribution >= 4 is 11.6 Å². The van der Waals surface area contributed by atoms with Crippen molar-refractivity contribution < 1.29 is 4.39 Å². The number of hydrogen-bond acceptors (Lipinski definition) is 1. The molecule has 0 saturated heterocycles. The van der Waals surface area contributed by atoms with E-state index in [1.54, 1.807) is 12.1 Å². The highest BCUT2D eigenvalue weighted by Gasteiger charge is 2.53. The first-order chi connectivity index (χ1) is 6.88. The molecule has 0 bridgehead atoms. The quantitative estimate of drug-likeness (QED) is 0.825. The zero-order chi connectivity index (χ0) is 11.3. The van der Waals surface area contributed by atoms with Crippen molar-refractivity contribution in [2.24, 2.45) is 5.73 Å². The molecule has 0 heterocycles. The zero-order valence-electron chi connectivity index (χ0n) is 8.98. The predicted molar refractivity (Wildman–Crippen MR) is 60.6 cm³/mol. The van der Waals surface area contributed by atoms with Crippen LogP contribution in [0.2, 0.25) is 5.02 Å². The van der Waals surface area contributed by atoms with Gasteiger partial charge in [-0.1, -0.05) is 31.5 Å². The van der Waals surface area contributed by atoms with E-state index in [2.05, 4.69) is 0 Å². The number of halogens is 2. The Morgan fingerprint density at radius 2 is 2.00 bits per heavy atom. The van der Waals surface area contributed by atoms with Crippen LogP contribution in [0.15, 0.2) is 18.2 Å². The van der Waals surface area contributed by atoms with Crippen LogP contribution in [0.3, 0.4) is 0 Å². The van der Waals surface area contributed by atoms with Gasteiger partial charge in [0, 0.05) is 21.5 Å². The minimum Gasteiger partial charge on any atom is -0.324 e. The van der Waals surface area contributed by atoms with E-state index in [-0.39, 0.29) is 11.4 Å². The Balaban J connectivity index is 2.53. The van der Waals surface area contributed by atoms with Gasteiger partial charge < -0.3 is 5.73 Å². The summed E-state index contributed by atoms with van der Waals surface area (Å²) in [4.78, 5) is 0. The first kappa shape index (κ1) is 10.9. The van der Waals surface area contributed by atoms with Gasteiger partial charge in [-0.25, -0.2) is 4.39 Å². The molecule has 2 N–H and O–H groups in total. The standard InChI is InChI=1S/C12H15ClFN/c1-11(2,12(15)6-7-12)10-8(13)4-3-5-9(10)14/h3-5H,6-7,15H2,1-2H3. The Bertz CT molecular complexity index is 376. The van der Waals surface area contributed by atoms with Gasteiger partial charge in [0.15, 0.2) is 0 Å². The Morgan fingerprint density at radius 3 is 2.47 bits per heavy atom. The highest BCUT2D eigenvalue weighted by molar-refractivity contribution is 6.31. The van der Waals surface area contributed by atoms with Crippen molar-refractivity contribution in [3.8, 4) is 0 Å². The molecule has 0 spiro atoms. The highest BCUT2D eigenvalue weighted by Crippen LogP contribution is 2.51. The maximum Gasteiger partial charge on any atom is 0.128 e. The van der Waals surface area contributed by atoms with E-state index in [0.717, 1.165) is 12.8 Å². The molecule has 0 amide bonds. The van der Waals surface area contributed by atoms with E-state index in [4.69, 9.17) is 17.3 Å². The third kappa shape index (κ3) is 1.56. The van der Waals surface area contributed by atoms with E-state index in [1.165, 1.54) is 6.07 Å². The number of benzene rings is 1. The SMILES string of the molecule is CC(C)(c1c(F)cccc1Cl)C1(N)CC1. The third-order valence-electron chi connectivity index (χ3n) is 3.62. The van der Waals surface area contributed by atoms with E-state index in [1.807, 2.05) is 13.8 Å². The molecule has 1 aliphatic rings. The van der Waals surface area contributed by atoms with Crippen molar-refractivity contribution in [1.29, 1.82) is 0 Å². The summed E-state index contributed by atoms with van der Waals surface area (Å²) in [6.07, 6.45) is 1.87. The second-order valence-electron chi connectivity index (χ2n) is 4.88. The van der Waals surface area contributed by atoms with E-state index in [9.17, 15) is 4.39 Å². The van der Waals surface area contributed by atoms with Gasteiger partial charge in [-0.15, -0.1) is 0 Å². The highest BCUT2D eigenvalue weighted by atomic mass is 35.5. The summed E-state index contributed by atoms with van der Waals surface area (Å²) in [6.45, 7) is 3.93. The van der Waals surface area contributed by atoms with Crippen LogP contribution in [-0.4, -0.2) is 5.54 Å². The summed E-state index contributed by atoms with van der Waals surface area (Å²) in [5.41, 5.74) is 6.02. The molecule has 82 valence electrons. The summed E-state index contributed by atoms with van der Waals surface area (Å²) in [7, 11) is 0. The Hall–Kier alpha value is -0.600. The van der Waals surface area contributed by atoms with Gasteiger partial charge in [-0.2, -0.15) is 0 Å². The summed E-state index contributed by atoms with van der Waals surface area (Å²) < 4.78 is 13.8. The molecule has 3 heteroatoms. The summed E-state index contributed by atoms with van der Waals surface area (Å²) >= 11 is 6.05. The fourth-order valence-electron chi connectivity index (χ4n) is 2.10. The van der Waals surface area contributed by atoms with Crippen LogP contribution < -0.4 is 5.73 Å². The smallest absolute Gasteiger partial charge is 0.128 e. The van der Waals surface area contributed by atoms with Crippen LogP contribution in [-0.2, 0) is 5.41 Å². The Kier molecular flexibility index (Phi) is 2.32.